The zero-order valence-corrected chi connectivity index (χ0v) is 11.6. The number of rotatable bonds is 6. The average molecular weight is 274 g/mol. The Balaban J connectivity index is 1.67. The summed E-state index contributed by atoms with van der Waals surface area (Å²) in [6.07, 6.45) is 7.22. The van der Waals surface area contributed by atoms with Gasteiger partial charge in [-0.25, -0.2) is 9.37 Å². The van der Waals surface area contributed by atoms with Gasteiger partial charge in [0.15, 0.2) is 0 Å². The third-order valence-corrected chi connectivity index (χ3v) is 3.80. The third-order valence-electron chi connectivity index (χ3n) is 3.80. The Morgan fingerprint density at radius 2 is 2.10 bits per heavy atom. The lowest BCUT2D eigenvalue weighted by Gasteiger charge is -2.17. The lowest BCUT2D eigenvalue weighted by atomic mass is 10.1. The van der Waals surface area contributed by atoms with Crippen LogP contribution in [0.2, 0.25) is 0 Å². The molecule has 0 saturated heterocycles. The van der Waals surface area contributed by atoms with Gasteiger partial charge < -0.3 is 9.30 Å². The largest absolute Gasteiger partial charge is 0.379 e. The van der Waals surface area contributed by atoms with E-state index in [0.29, 0.717) is 5.92 Å². The summed E-state index contributed by atoms with van der Waals surface area (Å²) in [5.41, 5.74) is 1.09. The number of ether oxygens (including phenoxy) is 1. The van der Waals surface area contributed by atoms with E-state index in [1.165, 1.54) is 30.8 Å². The van der Waals surface area contributed by atoms with E-state index in [0.717, 1.165) is 18.5 Å². The summed E-state index contributed by atoms with van der Waals surface area (Å²) in [5.74, 6) is 1.60. The first-order valence-corrected chi connectivity index (χ1v) is 7.04. The van der Waals surface area contributed by atoms with Gasteiger partial charge >= 0.3 is 0 Å². The van der Waals surface area contributed by atoms with Crippen LogP contribution in [0.25, 0.3) is 0 Å². The van der Waals surface area contributed by atoms with Crippen LogP contribution in [0.4, 0.5) is 4.39 Å². The molecule has 0 radical (unpaired) electrons. The minimum absolute atomic E-state index is 0.0761. The summed E-state index contributed by atoms with van der Waals surface area (Å²) in [5, 5.41) is 0. The summed E-state index contributed by atoms with van der Waals surface area (Å²) in [6, 6.07) is 6.62. The van der Waals surface area contributed by atoms with E-state index in [1.54, 1.807) is 7.11 Å². The highest BCUT2D eigenvalue weighted by molar-refractivity contribution is 5.17. The van der Waals surface area contributed by atoms with Gasteiger partial charge in [0.2, 0.25) is 0 Å². The maximum absolute atomic E-state index is 12.9. The zero-order chi connectivity index (χ0) is 13.9. The Morgan fingerprint density at radius 1 is 1.35 bits per heavy atom. The van der Waals surface area contributed by atoms with Gasteiger partial charge in [-0.2, -0.15) is 0 Å². The van der Waals surface area contributed by atoms with Gasteiger partial charge in [0.25, 0.3) is 0 Å². The van der Waals surface area contributed by atoms with Crippen molar-refractivity contribution in [2.24, 2.45) is 0 Å². The van der Waals surface area contributed by atoms with Gasteiger partial charge in [-0.3, -0.25) is 0 Å². The molecule has 1 saturated carbocycles. The molecule has 1 aromatic heterocycles. The van der Waals surface area contributed by atoms with E-state index in [1.807, 2.05) is 24.5 Å². The molecular formula is C16H19FN2O. The fourth-order valence-electron chi connectivity index (χ4n) is 2.50. The molecule has 1 aromatic carbocycles. The Labute approximate surface area is 118 Å². The normalized spacial score (nSPS) is 16.3. The van der Waals surface area contributed by atoms with Crippen LogP contribution in [0.3, 0.4) is 0 Å². The molecule has 1 fully saturated rings. The molecule has 20 heavy (non-hydrogen) atoms. The lowest BCUT2D eigenvalue weighted by molar-refractivity contribution is 0.0872. The predicted molar refractivity (Wildman–Crippen MR) is 75.1 cm³/mol. The monoisotopic (exact) mass is 274 g/mol. The number of hydrogen-bond donors (Lipinski definition) is 0. The molecule has 1 heterocycles. The van der Waals surface area contributed by atoms with Gasteiger partial charge in [-0.15, -0.1) is 0 Å². The maximum Gasteiger partial charge on any atom is 0.123 e. The van der Waals surface area contributed by atoms with Crippen molar-refractivity contribution < 1.29 is 9.13 Å². The van der Waals surface area contributed by atoms with E-state index in [4.69, 9.17) is 4.74 Å². The predicted octanol–water partition coefficient (Wildman–Crippen LogP) is 3.16. The summed E-state index contributed by atoms with van der Waals surface area (Å²) >= 11 is 0. The number of benzene rings is 1. The van der Waals surface area contributed by atoms with Crippen LogP contribution in [0, 0.1) is 5.82 Å². The fraction of sp³-hybridized carbons (Fsp3) is 0.438. The second-order valence-corrected chi connectivity index (χ2v) is 5.40. The highest BCUT2D eigenvalue weighted by atomic mass is 19.1. The molecule has 2 aromatic rings. The number of imidazole rings is 1. The smallest absolute Gasteiger partial charge is 0.123 e. The zero-order valence-electron chi connectivity index (χ0n) is 11.6. The average Bonchev–Trinajstić information content (AvgIpc) is 3.20. The van der Waals surface area contributed by atoms with E-state index in [2.05, 4.69) is 9.55 Å². The highest BCUT2D eigenvalue weighted by Gasteiger charge is 2.28. The Morgan fingerprint density at radius 3 is 2.75 bits per heavy atom. The fourth-order valence-corrected chi connectivity index (χ4v) is 2.50. The molecule has 1 atom stereocenters. The quantitative estimate of drug-likeness (QED) is 0.809. The Kier molecular flexibility index (Phi) is 3.83. The van der Waals surface area contributed by atoms with Crippen LogP contribution in [0.5, 0.6) is 0 Å². The third kappa shape index (κ3) is 3.07. The minimum atomic E-state index is -0.201. The van der Waals surface area contributed by atoms with Crippen molar-refractivity contribution in [2.45, 2.75) is 37.8 Å². The molecular weight excluding hydrogens is 255 g/mol. The van der Waals surface area contributed by atoms with E-state index in [9.17, 15) is 4.39 Å². The van der Waals surface area contributed by atoms with Crippen molar-refractivity contribution in [3.63, 3.8) is 0 Å². The Bertz CT molecular complexity index is 560. The van der Waals surface area contributed by atoms with Crippen molar-refractivity contribution in [2.75, 3.05) is 7.11 Å². The number of aromatic nitrogens is 2. The molecule has 1 unspecified atom stereocenters. The topological polar surface area (TPSA) is 27.1 Å². The first-order valence-electron chi connectivity index (χ1n) is 7.04. The first kappa shape index (κ1) is 13.3. The number of hydrogen-bond acceptors (Lipinski definition) is 2. The molecule has 1 aliphatic carbocycles. The summed E-state index contributed by atoms with van der Waals surface area (Å²) in [4.78, 5) is 4.44. The van der Waals surface area contributed by atoms with Gasteiger partial charge in [-0.05, 0) is 30.5 Å². The van der Waals surface area contributed by atoms with Crippen LogP contribution in [-0.4, -0.2) is 22.8 Å². The molecule has 106 valence electrons. The number of nitrogens with zero attached hydrogens (tertiary/aromatic N) is 2. The highest BCUT2D eigenvalue weighted by Crippen LogP contribution is 2.39. The summed E-state index contributed by atoms with van der Waals surface area (Å²) in [6.45, 7) is 0.791. The van der Waals surface area contributed by atoms with Gasteiger partial charge in [0, 0.05) is 31.8 Å². The van der Waals surface area contributed by atoms with Crippen molar-refractivity contribution in [3.05, 3.63) is 53.9 Å². The standard InChI is InChI=1S/C16H19FN2O/c1-20-15(10-12-2-6-14(17)7-3-12)11-19-9-8-18-16(19)13-4-5-13/h2-3,6-9,13,15H,4-5,10-11H2,1H3. The number of halogens is 1. The summed E-state index contributed by atoms with van der Waals surface area (Å²) in [7, 11) is 1.72. The van der Waals surface area contributed by atoms with Gasteiger partial charge in [0.05, 0.1) is 12.6 Å². The minimum Gasteiger partial charge on any atom is -0.379 e. The van der Waals surface area contributed by atoms with Crippen LogP contribution in [0.15, 0.2) is 36.7 Å². The van der Waals surface area contributed by atoms with E-state index in [-0.39, 0.29) is 11.9 Å². The van der Waals surface area contributed by atoms with Crippen molar-refractivity contribution >= 4 is 0 Å². The van der Waals surface area contributed by atoms with Crippen LogP contribution < -0.4 is 0 Å². The van der Waals surface area contributed by atoms with Gasteiger partial charge in [-0.1, -0.05) is 12.1 Å². The lowest BCUT2D eigenvalue weighted by Crippen LogP contribution is -2.22. The summed E-state index contributed by atoms with van der Waals surface area (Å²) < 4.78 is 20.7. The SMILES string of the molecule is COC(Cc1ccc(F)cc1)Cn1ccnc1C1CC1. The van der Waals surface area contributed by atoms with Gasteiger partial charge in [0.1, 0.15) is 11.6 Å². The molecule has 0 spiro atoms. The van der Waals surface area contributed by atoms with Crippen LogP contribution in [-0.2, 0) is 17.7 Å². The van der Waals surface area contributed by atoms with Crippen molar-refractivity contribution in [1.82, 2.24) is 9.55 Å². The first-order chi connectivity index (χ1) is 9.76. The van der Waals surface area contributed by atoms with Crippen LogP contribution in [0.1, 0.15) is 30.1 Å². The second-order valence-electron chi connectivity index (χ2n) is 5.40. The maximum atomic E-state index is 12.9. The molecule has 3 rings (SSSR count). The molecule has 1 aliphatic rings. The number of methoxy groups -OCH3 is 1. The second kappa shape index (κ2) is 5.75. The Hall–Kier alpha value is -1.68. The van der Waals surface area contributed by atoms with E-state index >= 15 is 0 Å². The molecule has 3 nitrogen and oxygen atoms in total. The molecule has 0 aliphatic heterocycles. The van der Waals surface area contributed by atoms with Crippen molar-refractivity contribution in [3.8, 4) is 0 Å². The molecule has 0 N–H and O–H groups in total. The molecule has 0 bridgehead atoms. The molecule has 0 amide bonds. The molecule has 4 heteroatoms. The van der Waals surface area contributed by atoms with E-state index < -0.39 is 0 Å². The van der Waals surface area contributed by atoms with Crippen molar-refractivity contribution in [1.29, 1.82) is 0 Å². The van der Waals surface area contributed by atoms with Crippen LogP contribution >= 0.6 is 0 Å².